The van der Waals surface area contributed by atoms with Crippen molar-refractivity contribution in [1.82, 2.24) is 10.9 Å². The molecule has 0 spiro atoms. The van der Waals surface area contributed by atoms with Crippen molar-refractivity contribution in [2.45, 2.75) is 59.0 Å². The molecule has 8 heteroatoms. The van der Waals surface area contributed by atoms with Crippen LogP contribution in [0.25, 0.3) is 0 Å². The quantitative estimate of drug-likeness (QED) is 0.277. The van der Waals surface area contributed by atoms with Gasteiger partial charge in [0, 0.05) is 0 Å². The molecule has 8 nitrogen and oxygen atoms in total. The number of unbranched alkanes of at least 4 members (excludes halogenated alkanes) is 2. The summed E-state index contributed by atoms with van der Waals surface area (Å²) in [6, 6.07) is 6.63. The number of esters is 2. The lowest BCUT2D eigenvalue weighted by atomic mass is 10.1. The summed E-state index contributed by atoms with van der Waals surface area (Å²) in [6.07, 6.45) is 4.66. The van der Waals surface area contributed by atoms with E-state index in [4.69, 9.17) is 14.2 Å². The molecule has 0 aromatic heterocycles. The van der Waals surface area contributed by atoms with Crippen LogP contribution in [0.5, 0.6) is 5.75 Å². The Hall–Kier alpha value is -2.61. The maximum atomic E-state index is 12.6. The van der Waals surface area contributed by atoms with Gasteiger partial charge >= 0.3 is 11.9 Å². The van der Waals surface area contributed by atoms with Crippen molar-refractivity contribution in [1.29, 1.82) is 0 Å². The third-order valence-corrected chi connectivity index (χ3v) is 4.09. The molecule has 1 aromatic carbocycles. The van der Waals surface area contributed by atoms with E-state index in [0.29, 0.717) is 0 Å². The minimum Gasteiger partial charge on any atom is -0.483 e. The minimum absolute atomic E-state index is 0.141. The fraction of sp³-hybridized carbons (Fsp3) is 0.571. The number of benzene rings is 1. The zero-order chi connectivity index (χ0) is 21.5. The second-order valence-corrected chi connectivity index (χ2v) is 6.42. The lowest BCUT2D eigenvalue weighted by molar-refractivity contribution is -0.142. The number of ether oxygens (including phenoxy) is 3. The summed E-state index contributed by atoms with van der Waals surface area (Å²) in [4.78, 5) is 35.6. The standard InChI is InChI=1S/C21H32N2O6/c1-4-7-8-11-16(5-2)29-21(26)17-12-9-10-13-18(17)28-15-19(24)23-22-14-20(25)27-6-3/h9-10,12-13,16,22H,4-8,11,14-15H2,1-3H3,(H,23,24). The second kappa shape index (κ2) is 14.4. The molecule has 0 radical (unpaired) electrons. The van der Waals surface area contributed by atoms with Gasteiger partial charge in [-0.05, 0) is 38.3 Å². The van der Waals surface area contributed by atoms with Crippen LogP contribution >= 0.6 is 0 Å². The van der Waals surface area contributed by atoms with Gasteiger partial charge in [-0.1, -0.05) is 38.8 Å². The summed E-state index contributed by atoms with van der Waals surface area (Å²) in [5, 5.41) is 0. The van der Waals surface area contributed by atoms with Crippen LogP contribution < -0.4 is 15.6 Å². The number of hydrogen-bond donors (Lipinski definition) is 2. The van der Waals surface area contributed by atoms with E-state index in [2.05, 4.69) is 17.8 Å². The third kappa shape index (κ3) is 9.94. The number of nitrogens with one attached hydrogen (secondary N) is 2. The van der Waals surface area contributed by atoms with Gasteiger partial charge in [-0.3, -0.25) is 15.0 Å². The summed E-state index contributed by atoms with van der Waals surface area (Å²) in [5.41, 5.74) is 5.06. The first-order chi connectivity index (χ1) is 14.0. The highest BCUT2D eigenvalue weighted by Crippen LogP contribution is 2.21. The molecule has 0 fully saturated rings. The topological polar surface area (TPSA) is 103 Å². The number of carbonyl (C=O) groups excluding carboxylic acids is 3. The molecule has 0 aliphatic heterocycles. The van der Waals surface area contributed by atoms with Crippen LogP contribution in [0.4, 0.5) is 0 Å². The molecule has 0 aliphatic rings. The largest absolute Gasteiger partial charge is 0.483 e. The van der Waals surface area contributed by atoms with Crippen molar-refractivity contribution in [3.8, 4) is 5.75 Å². The molecule has 1 amide bonds. The molecule has 1 aromatic rings. The Morgan fingerprint density at radius 1 is 1.07 bits per heavy atom. The molecule has 0 saturated carbocycles. The predicted molar refractivity (Wildman–Crippen MR) is 108 cm³/mol. The second-order valence-electron chi connectivity index (χ2n) is 6.42. The highest BCUT2D eigenvalue weighted by molar-refractivity contribution is 5.92. The van der Waals surface area contributed by atoms with Crippen LogP contribution in [0.1, 0.15) is 63.2 Å². The van der Waals surface area contributed by atoms with Crippen LogP contribution in [0.15, 0.2) is 24.3 Å². The molecule has 0 aliphatic carbocycles. The molecule has 162 valence electrons. The van der Waals surface area contributed by atoms with Crippen molar-refractivity contribution < 1.29 is 28.6 Å². The van der Waals surface area contributed by atoms with E-state index in [0.717, 1.165) is 32.1 Å². The van der Waals surface area contributed by atoms with Gasteiger partial charge in [0.25, 0.3) is 5.91 Å². The van der Waals surface area contributed by atoms with Crippen molar-refractivity contribution in [3.05, 3.63) is 29.8 Å². The van der Waals surface area contributed by atoms with Crippen LogP contribution in [-0.2, 0) is 19.1 Å². The zero-order valence-corrected chi connectivity index (χ0v) is 17.5. The number of hydrogen-bond acceptors (Lipinski definition) is 7. The average Bonchev–Trinajstić information content (AvgIpc) is 2.72. The summed E-state index contributed by atoms with van der Waals surface area (Å²) >= 11 is 0. The van der Waals surface area contributed by atoms with E-state index in [1.807, 2.05) is 6.92 Å². The monoisotopic (exact) mass is 408 g/mol. The Bertz CT molecular complexity index is 650. The lowest BCUT2D eigenvalue weighted by Gasteiger charge is -2.17. The van der Waals surface area contributed by atoms with Crippen molar-refractivity contribution in [2.75, 3.05) is 19.8 Å². The number of amides is 1. The molecule has 29 heavy (non-hydrogen) atoms. The number of rotatable bonds is 14. The van der Waals surface area contributed by atoms with E-state index < -0.39 is 17.8 Å². The number of carbonyl (C=O) groups is 3. The van der Waals surface area contributed by atoms with Gasteiger partial charge in [-0.25, -0.2) is 10.2 Å². The highest BCUT2D eigenvalue weighted by atomic mass is 16.5. The van der Waals surface area contributed by atoms with E-state index in [9.17, 15) is 14.4 Å². The molecule has 1 rings (SSSR count). The minimum atomic E-state index is -0.497. The maximum Gasteiger partial charge on any atom is 0.342 e. The Balaban J connectivity index is 2.54. The molecule has 2 N–H and O–H groups in total. The first-order valence-corrected chi connectivity index (χ1v) is 10.1. The van der Waals surface area contributed by atoms with Crippen molar-refractivity contribution >= 4 is 17.8 Å². The Labute approximate surface area is 172 Å². The smallest absolute Gasteiger partial charge is 0.342 e. The molecule has 0 heterocycles. The van der Waals surface area contributed by atoms with Gasteiger partial charge in [-0.15, -0.1) is 0 Å². The van der Waals surface area contributed by atoms with E-state index in [1.165, 1.54) is 0 Å². The summed E-state index contributed by atoms with van der Waals surface area (Å²) in [6.45, 7) is 5.60. The van der Waals surface area contributed by atoms with E-state index >= 15 is 0 Å². The van der Waals surface area contributed by atoms with Gasteiger partial charge in [0.2, 0.25) is 0 Å². The van der Waals surface area contributed by atoms with Gasteiger partial charge < -0.3 is 14.2 Å². The first kappa shape index (κ1) is 24.4. The average molecular weight is 408 g/mol. The fourth-order valence-electron chi connectivity index (χ4n) is 2.55. The fourth-order valence-corrected chi connectivity index (χ4v) is 2.55. The van der Waals surface area contributed by atoms with Crippen molar-refractivity contribution in [2.24, 2.45) is 0 Å². The number of para-hydroxylation sites is 1. The van der Waals surface area contributed by atoms with Gasteiger partial charge in [0.1, 0.15) is 24.0 Å². The van der Waals surface area contributed by atoms with E-state index in [1.54, 1.807) is 31.2 Å². The molecule has 1 atom stereocenters. The first-order valence-electron chi connectivity index (χ1n) is 10.1. The highest BCUT2D eigenvalue weighted by Gasteiger charge is 2.18. The van der Waals surface area contributed by atoms with Crippen LogP contribution in [0, 0.1) is 0 Å². The van der Waals surface area contributed by atoms with Crippen LogP contribution in [0.3, 0.4) is 0 Å². The maximum absolute atomic E-state index is 12.6. The zero-order valence-electron chi connectivity index (χ0n) is 17.5. The number of hydrazine groups is 1. The molecular formula is C21H32N2O6. The van der Waals surface area contributed by atoms with Gasteiger partial charge in [0.05, 0.1) is 6.61 Å². The van der Waals surface area contributed by atoms with Gasteiger partial charge in [0.15, 0.2) is 6.61 Å². The summed E-state index contributed by atoms with van der Waals surface area (Å²) < 4.78 is 15.8. The molecule has 0 bridgehead atoms. The van der Waals surface area contributed by atoms with E-state index in [-0.39, 0.29) is 37.2 Å². The SMILES string of the molecule is CCCCCC(CC)OC(=O)c1ccccc1OCC(=O)NNCC(=O)OCC. The molecule has 0 saturated heterocycles. The Morgan fingerprint density at radius 2 is 1.83 bits per heavy atom. The Morgan fingerprint density at radius 3 is 2.52 bits per heavy atom. The van der Waals surface area contributed by atoms with Gasteiger partial charge in [-0.2, -0.15) is 0 Å². The lowest BCUT2D eigenvalue weighted by Crippen LogP contribution is -2.43. The Kier molecular flexibility index (Phi) is 12.1. The summed E-state index contributed by atoms with van der Waals surface area (Å²) in [7, 11) is 0. The third-order valence-electron chi connectivity index (χ3n) is 4.09. The molecule has 1 unspecified atom stereocenters. The van der Waals surface area contributed by atoms with Crippen molar-refractivity contribution in [3.63, 3.8) is 0 Å². The predicted octanol–water partition coefficient (Wildman–Crippen LogP) is 2.77. The summed E-state index contributed by atoms with van der Waals surface area (Å²) in [5.74, 6) is -1.18. The normalized spacial score (nSPS) is 11.4. The van der Waals surface area contributed by atoms with Crippen LogP contribution in [-0.4, -0.2) is 43.7 Å². The molecular weight excluding hydrogens is 376 g/mol. The van der Waals surface area contributed by atoms with Crippen LogP contribution in [0.2, 0.25) is 0 Å².